The third kappa shape index (κ3) is 3.03. The van der Waals surface area contributed by atoms with Crippen LogP contribution in [0.1, 0.15) is 5.56 Å². The molecule has 1 N–H and O–H groups in total. The largest absolute Gasteiger partial charge is 0.465 e. The van der Waals surface area contributed by atoms with Gasteiger partial charge in [0.15, 0.2) is 0 Å². The van der Waals surface area contributed by atoms with Gasteiger partial charge in [-0.15, -0.1) is 0 Å². The molecule has 1 saturated heterocycles. The molecule has 0 aliphatic carbocycles. The molecule has 3 rings (SSSR count). The van der Waals surface area contributed by atoms with E-state index in [4.69, 9.17) is 14.2 Å². The van der Waals surface area contributed by atoms with Crippen LogP contribution in [0.2, 0.25) is 0 Å². The van der Waals surface area contributed by atoms with Gasteiger partial charge in [-0.05, 0) is 12.1 Å². The minimum Gasteiger partial charge on any atom is -0.465 e. The smallest absolute Gasteiger partial charge is 0.343 e. The normalized spacial score (nSPS) is 20.9. The number of non-ortho nitro benzene ring substituents is 1. The van der Waals surface area contributed by atoms with E-state index in [0.29, 0.717) is 43.2 Å². The van der Waals surface area contributed by atoms with Crippen LogP contribution < -0.4 is 9.64 Å². The molecule has 1 fully saturated rings. The molecule has 0 saturated carbocycles. The van der Waals surface area contributed by atoms with Gasteiger partial charge < -0.3 is 14.2 Å². The predicted octanol–water partition coefficient (Wildman–Crippen LogP) is -0.215. The van der Waals surface area contributed by atoms with Crippen LogP contribution in [0.25, 0.3) is 6.08 Å². The molecule has 0 amide bonds. The number of fused-ring (bicyclic) bond motifs is 1. The fourth-order valence-electron chi connectivity index (χ4n) is 2.79. The summed E-state index contributed by atoms with van der Waals surface area (Å²) in [6.45, 7) is 2.61. The van der Waals surface area contributed by atoms with E-state index in [1.165, 1.54) is 19.2 Å². The SMILES string of the molecule is COC(=O)C1=Cc2cc([N+](=O)[O-])ccc2O[C@@H]1[NH+]1CCOCC1. The van der Waals surface area contributed by atoms with Crippen molar-refractivity contribution in [2.24, 2.45) is 0 Å². The Bertz CT molecular complexity index is 666. The van der Waals surface area contributed by atoms with Crippen LogP contribution in [0, 0.1) is 10.1 Å². The maximum absolute atomic E-state index is 12.1. The van der Waals surface area contributed by atoms with E-state index < -0.39 is 17.1 Å². The maximum atomic E-state index is 12.1. The number of hydrogen-bond donors (Lipinski definition) is 1. The van der Waals surface area contributed by atoms with Gasteiger partial charge in [0.1, 0.15) is 24.4 Å². The van der Waals surface area contributed by atoms with Crippen molar-refractivity contribution in [2.75, 3.05) is 33.4 Å². The van der Waals surface area contributed by atoms with Crippen LogP contribution in [-0.4, -0.2) is 50.5 Å². The van der Waals surface area contributed by atoms with E-state index in [9.17, 15) is 14.9 Å². The summed E-state index contributed by atoms with van der Waals surface area (Å²) in [7, 11) is 1.30. The molecule has 1 aromatic carbocycles. The Hall–Kier alpha value is -2.45. The first kappa shape index (κ1) is 15.4. The standard InChI is InChI=1S/C15H16N2O6/c1-21-15(18)12-9-10-8-11(17(19)20)2-3-13(10)23-14(12)16-4-6-22-7-5-16/h2-3,8-9,14H,4-7H2,1H3/p+1/t14-/m0/s1. The van der Waals surface area contributed by atoms with Gasteiger partial charge in [-0.2, -0.15) is 0 Å². The van der Waals surface area contributed by atoms with Gasteiger partial charge >= 0.3 is 5.97 Å². The molecule has 0 aromatic heterocycles. The summed E-state index contributed by atoms with van der Waals surface area (Å²) in [5, 5.41) is 10.9. The van der Waals surface area contributed by atoms with Gasteiger partial charge in [-0.25, -0.2) is 4.79 Å². The van der Waals surface area contributed by atoms with Crippen molar-refractivity contribution in [1.29, 1.82) is 0 Å². The van der Waals surface area contributed by atoms with Crippen molar-refractivity contribution >= 4 is 17.7 Å². The Morgan fingerprint density at radius 3 is 2.78 bits per heavy atom. The zero-order chi connectivity index (χ0) is 16.4. The molecule has 8 nitrogen and oxygen atoms in total. The third-order valence-corrected chi connectivity index (χ3v) is 3.97. The summed E-state index contributed by atoms with van der Waals surface area (Å²) in [5.41, 5.74) is 0.811. The van der Waals surface area contributed by atoms with Crippen molar-refractivity contribution in [3.05, 3.63) is 39.4 Å². The highest BCUT2D eigenvalue weighted by molar-refractivity contribution is 5.95. The summed E-state index contributed by atoms with van der Waals surface area (Å²) in [4.78, 5) is 23.6. The second kappa shape index (κ2) is 6.35. The average Bonchev–Trinajstić information content (AvgIpc) is 2.60. The molecule has 23 heavy (non-hydrogen) atoms. The molecule has 2 aliphatic rings. The quantitative estimate of drug-likeness (QED) is 0.470. The lowest BCUT2D eigenvalue weighted by atomic mass is 10.0. The molecule has 1 atom stereocenters. The lowest BCUT2D eigenvalue weighted by Gasteiger charge is -2.34. The molecular weight excluding hydrogens is 304 g/mol. The molecule has 8 heteroatoms. The Labute approximate surface area is 132 Å². The lowest BCUT2D eigenvalue weighted by molar-refractivity contribution is -0.944. The highest BCUT2D eigenvalue weighted by Crippen LogP contribution is 2.31. The zero-order valence-electron chi connectivity index (χ0n) is 12.6. The Morgan fingerprint density at radius 2 is 2.13 bits per heavy atom. The first-order chi connectivity index (χ1) is 11.1. The Kier molecular flexibility index (Phi) is 4.26. The lowest BCUT2D eigenvalue weighted by Crippen LogP contribution is -3.18. The number of nitro groups is 1. The number of carbonyl (C=O) groups excluding carboxylic acids is 1. The van der Waals surface area contributed by atoms with Gasteiger partial charge in [-0.1, -0.05) is 0 Å². The number of nitrogens with zero attached hydrogens (tertiary/aromatic N) is 1. The molecule has 2 heterocycles. The molecule has 2 aliphatic heterocycles. The van der Waals surface area contributed by atoms with Gasteiger partial charge in [0, 0.05) is 17.7 Å². The van der Waals surface area contributed by atoms with Gasteiger partial charge in [0.2, 0.25) is 0 Å². The number of nitrogens with one attached hydrogen (secondary N) is 1. The van der Waals surface area contributed by atoms with Crippen LogP contribution in [0.15, 0.2) is 23.8 Å². The first-order valence-corrected chi connectivity index (χ1v) is 7.27. The number of rotatable bonds is 3. The molecule has 122 valence electrons. The number of benzene rings is 1. The fourth-order valence-corrected chi connectivity index (χ4v) is 2.79. The monoisotopic (exact) mass is 321 g/mol. The first-order valence-electron chi connectivity index (χ1n) is 7.27. The van der Waals surface area contributed by atoms with E-state index >= 15 is 0 Å². The van der Waals surface area contributed by atoms with Gasteiger partial charge in [-0.3, -0.25) is 15.0 Å². The van der Waals surface area contributed by atoms with Crippen LogP contribution in [0.3, 0.4) is 0 Å². The number of esters is 1. The van der Waals surface area contributed by atoms with E-state index in [-0.39, 0.29) is 5.69 Å². The van der Waals surface area contributed by atoms with Crippen LogP contribution in [-0.2, 0) is 14.3 Å². The van der Waals surface area contributed by atoms with Crippen molar-refractivity contribution < 1.29 is 28.8 Å². The number of ether oxygens (including phenoxy) is 3. The number of nitro benzene ring substituents is 1. The summed E-state index contributed by atoms with van der Waals surface area (Å²) < 4.78 is 16.1. The number of methoxy groups -OCH3 is 1. The minimum absolute atomic E-state index is 0.0509. The van der Waals surface area contributed by atoms with Crippen LogP contribution in [0.4, 0.5) is 5.69 Å². The second-order valence-corrected chi connectivity index (χ2v) is 5.34. The summed E-state index contributed by atoms with van der Waals surface area (Å²) in [6, 6.07) is 4.34. The fraction of sp³-hybridized carbons (Fsp3) is 0.400. The number of morpholine rings is 1. The zero-order valence-corrected chi connectivity index (χ0v) is 12.6. The predicted molar refractivity (Wildman–Crippen MR) is 79.0 cm³/mol. The topological polar surface area (TPSA) is 92.3 Å². The van der Waals surface area contributed by atoms with Crippen LogP contribution >= 0.6 is 0 Å². The Balaban J connectivity index is 1.98. The molecule has 1 aromatic rings. The second-order valence-electron chi connectivity index (χ2n) is 5.34. The number of hydrogen-bond acceptors (Lipinski definition) is 6. The highest BCUT2D eigenvalue weighted by atomic mass is 16.6. The number of carbonyl (C=O) groups is 1. The van der Waals surface area contributed by atoms with Crippen molar-refractivity contribution in [3.63, 3.8) is 0 Å². The third-order valence-electron chi connectivity index (χ3n) is 3.97. The van der Waals surface area contributed by atoms with Crippen molar-refractivity contribution in [2.45, 2.75) is 6.23 Å². The summed E-state index contributed by atoms with van der Waals surface area (Å²) >= 11 is 0. The van der Waals surface area contributed by atoms with E-state index in [2.05, 4.69) is 0 Å². The molecule has 0 unspecified atom stereocenters. The molecule has 0 bridgehead atoms. The van der Waals surface area contributed by atoms with Gasteiger partial charge in [0.05, 0.1) is 25.2 Å². The maximum Gasteiger partial charge on any atom is 0.343 e. The van der Waals surface area contributed by atoms with Crippen molar-refractivity contribution in [1.82, 2.24) is 0 Å². The molecule has 0 spiro atoms. The highest BCUT2D eigenvalue weighted by Gasteiger charge is 2.37. The van der Waals surface area contributed by atoms with E-state index in [0.717, 1.165) is 4.90 Å². The number of quaternary nitrogens is 1. The van der Waals surface area contributed by atoms with E-state index in [1.807, 2.05) is 0 Å². The van der Waals surface area contributed by atoms with Crippen LogP contribution in [0.5, 0.6) is 5.75 Å². The molecular formula is C15H17N2O6+. The minimum atomic E-state index is -0.500. The van der Waals surface area contributed by atoms with E-state index in [1.54, 1.807) is 12.1 Å². The van der Waals surface area contributed by atoms with Gasteiger partial charge in [0.25, 0.3) is 11.9 Å². The summed E-state index contributed by atoms with van der Waals surface area (Å²) in [5.74, 6) is 0.0263. The average molecular weight is 321 g/mol. The van der Waals surface area contributed by atoms with Crippen molar-refractivity contribution in [3.8, 4) is 5.75 Å². The Morgan fingerprint density at radius 1 is 1.39 bits per heavy atom. The molecule has 0 radical (unpaired) electrons. The summed E-state index contributed by atoms with van der Waals surface area (Å²) in [6.07, 6.45) is 1.12.